The molecule has 5 rings (SSSR count). The van der Waals surface area contributed by atoms with Gasteiger partial charge in [-0.05, 0) is 129 Å². The molecule has 0 atom stereocenters. The second-order valence-electron chi connectivity index (χ2n) is 12.2. The molecule has 3 aromatic carbocycles. The molecular weight excluding hydrogens is 522 g/mol. The van der Waals surface area contributed by atoms with Crippen LogP contribution in [0.2, 0.25) is 0 Å². The molecule has 2 aliphatic rings. The highest BCUT2D eigenvalue weighted by Crippen LogP contribution is 2.29. The van der Waals surface area contributed by atoms with Crippen LogP contribution < -0.4 is 10.2 Å². The summed E-state index contributed by atoms with van der Waals surface area (Å²) in [6.45, 7) is 9.27. The molecule has 2 heterocycles. The van der Waals surface area contributed by atoms with Gasteiger partial charge in [-0.2, -0.15) is 0 Å². The fourth-order valence-electron chi connectivity index (χ4n) is 6.40. The van der Waals surface area contributed by atoms with Gasteiger partial charge in [-0.15, -0.1) is 0 Å². The van der Waals surface area contributed by atoms with E-state index in [1.807, 2.05) is 0 Å². The Kier molecular flexibility index (Phi) is 13.3. The van der Waals surface area contributed by atoms with Crippen LogP contribution in [0, 0.1) is 11.6 Å². The van der Waals surface area contributed by atoms with E-state index in [0.29, 0.717) is 5.92 Å². The molecule has 228 valence electrons. The zero-order chi connectivity index (χ0) is 29.6. The third-order valence-corrected chi connectivity index (χ3v) is 8.95. The number of unbranched alkanes of at least 4 members (excludes halogenated alkanes) is 4. The van der Waals surface area contributed by atoms with Gasteiger partial charge in [-0.25, -0.2) is 8.78 Å². The Bertz CT molecular complexity index is 1180. The van der Waals surface area contributed by atoms with Crippen molar-refractivity contribution in [3.63, 3.8) is 0 Å². The number of anilines is 1. The largest absolute Gasteiger partial charge is 0.371 e. The van der Waals surface area contributed by atoms with Crippen LogP contribution in [-0.4, -0.2) is 26.2 Å². The van der Waals surface area contributed by atoms with E-state index in [1.165, 1.54) is 92.5 Å². The second kappa shape index (κ2) is 17.4. The summed E-state index contributed by atoms with van der Waals surface area (Å²) in [5.74, 6) is -0.255. The van der Waals surface area contributed by atoms with Gasteiger partial charge in [0, 0.05) is 24.8 Å². The van der Waals surface area contributed by atoms with Crippen molar-refractivity contribution in [1.82, 2.24) is 5.32 Å². The molecule has 4 heteroatoms. The lowest BCUT2D eigenvalue weighted by Crippen LogP contribution is -2.30. The lowest BCUT2D eigenvalue weighted by Gasteiger charge is -2.32. The number of piperidine rings is 1. The summed E-state index contributed by atoms with van der Waals surface area (Å²) >= 11 is 0. The molecule has 1 N–H and O–H groups in total. The lowest BCUT2D eigenvalue weighted by molar-refractivity contribution is 0.460. The molecule has 0 radical (unpaired) electrons. The molecule has 0 amide bonds. The average Bonchev–Trinajstić information content (AvgIpc) is 3.01. The predicted molar refractivity (Wildman–Crippen MR) is 175 cm³/mol. The summed E-state index contributed by atoms with van der Waals surface area (Å²) in [6, 6.07) is 20.0. The van der Waals surface area contributed by atoms with Crippen LogP contribution in [-0.2, 0) is 25.7 Å². The van der Waals surface area contributed by atoms with Crippen molar-refractivity contribution in [2.45, 2.75) is 103 Å². The van der Waals surface area contributed by atoms with Crippen molar-refractivity contribution in [1.29, 1.82) is 0 Å². The topological polar surface area (TPSA) is 15.3 Å². The van der Waals surface area contributed by atoms with E-state index >= 15 is 0 Å². The molecule has 0 aromatic heterocycles. The molecular formula is C38H52F2N2. The minimum Gasteiger partial charge on any atom is -0.371 e. The van der Waals surface area contributed by atoms with Crippen molar-refractivity contribution < 1.29 is 8.78 Å². The zero-order valence-electron chi connectivity index (χ0n) is 26.1. The summed E-state index contributed by atoms with van der Waals surface area (Å²) in [5.41, 5.74) is 8.17. The third kappa shape index (κ3) is 10.2. The first-order valence-corrected chi connectivity index (χ1v) is 16.7. The van der Waals surface area contributed by atoms with Crippen molar-refractivity contribution in [2.24, 2.45) is 0 Å². The molecule has 0 bridgehead atoms. The molecule has 3 aromatic rings. The normalized spacial score (nSPS) is 15.2. The van der Waals surface area contributed by atoms with E-state index in [4.69, 9.17) is 0 Å². The maximum atomic E-state index is 13.1. The molecule has 2 aliphatic heterocycles. The van der Waals surface area contributed by atoms with E-state index in [0.717, 1.165) is 63.2 Å². The first-order valence-electron chi connectivity index (χ1n) is 16.7. The summed E-state index contributed by atoms with van der Waals surface area (Å²) in [6.07, 6.45) is 15.2. The van der Waals surface area contributed by atoms with Gasteiger partial charge >= 0.3 is 0 Å². The Morgan fingerprint density at radius 3 is 2.12 bits per heavy atom. The Morgan fingerprint density at radius 2 is 1.43 bits per heavy atom. The van der Waals surface area contributed by atoms with E-state index < -0.39 is 11.6 Å². The van der Waals surface area contributed by atoms with E-state index in [9.17, 15) is 8.78 Å². The summed E-state index contributed by atoms with van der Waals surface area (Å²) in [7, 11) is 0. The number of halogens is 2. The van der Waals surface area contributed by atoms with Crippen LogP contribution in [0.25, 0.3) is 0 Å². The number of fused-ring (bicyclic) bond motifs is 1. The highest BCUT2D eigenvalue weighted by Gasteiger charge is 2.17. The first-order chi connectivity index (χ1) is 20.6. The molecule has 0 aliphatic carbocycles. The van der Waals surface area contributed by atoms with Crippen LogP contribution in [0.5, 0.6) is 0 Å². The van der Waals surface area contributed by atoms with E-state index in [-0.39, 0.29) is 0 Å². The number of nitrogens with one attached hydrogen (secondary N) is 1. The SMILES string of the molecule is CCCCCN1CCCc2ccc(CC)cc21.Fc1cc(F)cc(CCCCCc2ccc(C3CCNCC3)cc2)c1. The average molecular weight is 575 g/mol. The van der Waals surface area contributed by atoms with Gasteiger partial charge in [0.15, 0.2) is 0 Å². The summed E-state index contributed by atoms with van der Waals surface area (Å²) < 4.78 is 26.3. The number of nitrogens with zero attached hydrogens (tertiary/aromatic N) is 1. The van der Waals surface area contributed by atoms with Gasteiger partial charge in [0.2, 0.25) is 0 Å². The Morgan fingerprint density at radius 1 is 0.738 bits per heavy atom. The predicted octanol–water partition coefficient (Wildman–Crippen LogP) is 9.58. The Hall–Kier alpha value is -2.72. The number of hydrogen-bond acceptors (Lipinski definition) is 2. The molecule has 0 unspecified atom stereocenters. The van der Waals surface area contributed by atoms with Crippen molar-refractivity contribution in [2.75, 3.05) is 31.1 Å². The van der Waals surface area contributed by atoms with Gasteiger partial charge in [0.1, 0.15) is 11.6 Å². The molecule has 0 saturated carbocycles. The molecule has 1 saturated heterocycles. The third-order valence-electron chi connectivity index (χ3n) is 8.95. The highest BCUT2D eigenvalue weighted by molar-refractivity contribution is 5.57. The van der Waals surface area contributed by atoms with Crippen LogP contribution >= 0.6 is 0 Å². The minimum absolute atomic E-state index is 0.483. The van der Waals surface area contributed by atoms with Gasteiger partial charge in [0.25, 0.3) is 0 Å². The van der Waals surface area contributed by atoms with Gasteiger partial charge in [-0.1, -0.05) is 69.5 Å². The second-order valence-corrected chi connectivity index (χ2v) is 12.2. The molecule has 0 spiro atoms. The lowest BCUT2D eigenvalue weighted by atomic mass is 9.89. The summed E-state index contributed by atoms with van der Waals surface area (Å²) in [4.78, 5) is 2.60. The smallest absolute Gasteiger partial charge is 0.126 e. The summed E-state index contributed by atoms with van der Waals surface area (Å²) in [5, 5.41) is 3.41. The quantitative estimate of drug-likeness (QED) is 0.217. The van der Waals surface area contributed by atoms with Crippen LogP contribution in [0.3, 0.4) is 0 Å². The number of aryl methyl sites for hydroxylation is 4. The number of rotatable bonds is 12. The van der Waals surface area contributed by atoms with Gasteiger partial charge < -0.3 is 10.2 Å². The number of benzene rings is 3. The maximum absolute atomic E-state index is 13.1. The number of hydrogen-bond donors (Lipinski definition) is 1. The molecule has 2 nitrogen and oxygen atoms in total. The standard InChI is InChI=1S/C22H27F2N.C16H25N/c23-21-14-18(15-22(24)16-21)5-3-1-2-4-17-6-8-19(9-7-17)20-10-12-25-13-11-20;1-3-5-6-11-17-12-7-8-15-10-9-14(4-2)13-16(15)17/h6-9,14-16,20,25H,1-5,10-13H2;9-10,13H,3-8,11-12H2,1-2H3. The fraction of sp³-hybridized carbons (Fsp3) is 0.526. The van der Waals surface area contributed by atoms with Crippen molar-refractivity contribution in [3.05, 3.63) is 100 Å². The molecule has 42 heavy (non-hydrogen) atoms. The first kappa shape index (κ1) is 32.2. The van der Waals surface area contributed by atoms with Gasteiger partial charge in [-0.3, -0.25) is 0 Å². The monoisotopic (exact) mass is 574 g/mol. The van der Waals surface area contributed by atoms with Crippen LogP contribution in [0.1, 0.15) is 105 Å². The molecule has 1 fully saturated rings. The zero-order valence-corrected chi connectivity index (χ0v) is 26.1. The fourth-order valence-corrected chi connectivity index (χ4v) is 6.40. The minimum atomic E-state index is -0.483. The van der Waals surface area contributed by atoms with E-state index in [1.54, 1.807) is 5.56 Å². The maximum Gasteiger partial charge on any atom is 0.126 e. The Labute approximate surface area is 253 Å². The highest BCUT2D eigenvalue weighted by atomic mass is 19.1. The Balaban J connectivity index is 0.000000208. The van der Waals surface area contributed by atoms with Crippen LogP contribution in [0.4, 0.5) is 14.5 Å². The van der Waals surface area contributed by atoms with Crippen molar-refractivity contribution in [3.8, 4) is 0 Å². The van der Waals surface area contributed by atoms with E-state index in [2.05, 4.69) is 66.5 Å². The van der Waals surface area contributed by atoms with Gasteiger partial charge in [0.05, 0.1) is 0 Å². The van der Waals surface area contributed by atoms with Crippen molar-refractivity contribution >= 4 is 5.69 Å². The van der Waals surface area contributed by atoms with Crippen LogP contribution in [0.15, 0.2) is 60.7 Å².